The molecule has 0 bridgehead atoms. The third-order valence-corrected chi connectivity index (χ3v) is 7.98. The highest BCUT2D eigenvalue weighted by molar-refractivity contribution is 7.89. The fraction of sp³-hybridized carbons (Fsp3) is 0.385. The highest BCUT2D eigenvalue weighted by atomic mass is 32.2. The van der Waals surface area contributed by atoms with E-state index in [4.69, 9.17) is 4.74 Å². The fourth-order valence-corrected chi connectivity index (χ4v) is 5.95. The molecular weight excluding hydrogens is 450 g/mol. The van der Waals surface area contributed by atoms with Crippen LogP contribution in [-0.2, 0) is 10.0 Å². The molecule has 2 fully saturated rings. The van der Waals surface area contributed by atoms with Gasteiger partial charge in [0, 0.05) is 29.6 Å². The Labute approximate surface area is 200 Å². The molecule has 1 N–H and O–H groups in total. The minimum Gasteiger partial charge on any atom is -0.494 e. The van der Waals surface area contributed by atoms with Crippen LogP contribution >= 0.6 is 0 Å². The van der Waals surface area contributed by atoms with E-state index in [1.807, 2.05) is 36.4 Å². The minimum absolute atomic E-state index is 0.212. The number of ether oxygens (including phenoxy) is 1. The van der Waals surface area contributed by atoms with Crippen LogP contribution in [0.5, 0.6) is 5.75 Å². The number of ketones is 1. The van der Waals surface area contributed by atoms with Crippen molar-refractivity contribution in [2.75, 3.05) is 19.7 Å². The first kappa shape index (κ1) is 23.0. The van der Waals surface area contributed by atoms with Crippen LogP contribution in [0.3, 0.4) is 0 Å². The lowest BCUT2D eigenvalue weighted by atomic mass is 10.1. The van der Waals surface area contributed by atoms with Gasteiger partial charge in [0.1, 0.15) is 10.6 Å². The Hall–Kier alpha value is -2.81. The van der Waals surface area contributed by atoms with Crippen molar-refractivity contribution < 1.29 is 17.9 Å². The Balaban J connectivity index is 1.14. The molecule has 5 rings (SSSR count). The van der Waals surface area contributed by atoms with E-state index < -0.39 is 10.0 Å². The van der Waals surface area contributed by atoms with Crippen molar-refractivity contribution >= 4 is 26.7 Å². The van der Waals surface area contributed by atoms with Crippen molar-refractivity contribution in [1.29, 1.82) is 0 Å². The highest BCUT2D eigenvalue weighted by Gasteiger charge is 2.31. The topological polar surface area (TPSA) is 88.6 Å². The summed E-state index contributed by atoms with van der Waals surface area (Å²) in [6.07, 6.45) is 5.87. The number of aromatic nitrogens is 1. The van der Waals surface area contributed by atoms with Gasteiger partial charge < -0.3 is 4.74 Å². The lowest BCUT2D eigenvalue weighted by Crippen LogP contribution is -2.44. The highest BCUT2D eigenvalue weighted by Crippen LogP contribution is 2.33. The standard InChI is InChI=1S/C26H29N3O4S/c30-26(20-9-10-20)21-11-13-22(14-12-21)33-18-4-17-29-16-3-8-24(29)28-34(31,32)23-7-1-5-19-6-2-15-27-25(19)23/h1-2,5-7,11-15,20,24,28H,3-4,8-10,16-18H2. The van der Waals surface area contributed by atoms with Gasteiger partial charge in [-0.1, -0.05) is 18.2 Å². The number of carbonyl (C=O) groups excluding carboxylic acids is 1. The molecule has 1 aromatic heterocycles. The summed E-state index contributed by atoms with van der Waals surface area (Å²) in [5.74, 6) is 1.19. The quantitative estimate of drug-likeness (QED) is 0.349. The smallest absolute Gasteiger partial charge is 0.244 e. The van der Waals surface area contributed by atoms with E-state index in [1.165, 1.54) is 0 Å². The summed E-state index contributed by atoms with van der Waals surface area (Å²) in [5.41, 5.74) is 1.24. The molecule has 178 valence electrons. The van der Waals surface area contributed by atoms with Crippen molar-refractivity contribution in [1.82, 2.24) is 14.6 Å². The molecule has 1 unspecified atom stereocenters. The second kappa shape index (κ2) is 9.82. The predicted octanol–water partition coefficient (Wildman–Crippen LogP) is 4.00. The maximum absolute atomic E-state index is 13.2. The molecule has 8 heteroatoms. The number of benzene rings is 2. The summed E-state index contributed by atoms with van der Waals surface area (Å²) in [4.78, 5) is 18.8. The number of hydrogen-bond acceptors (Lipinski definition) is 6. The molecule has 2 heterocycles. The lowest BCUT2D eigenvalue weighted by Gasteiger charge is -2.25. The van der Waals surface area contributed by atoms with E-state index in [0.29, 0.717) is 12.1 Å². The number of para-hydroxylation sites is 1. The van der Waals surface area contributed by atoms with E-state index in [1.54, 1.807) is 24.4 Å². The number of rotatable bonds is 10. The van der Waals surface area contributed by atoms with Crippen molar-refractivity contribution in [3.05, 3.63) is 66.4 Å². The third kappa shape index (κ3) is 5.14. The SMILES string of the molecule is O=C(c1ccc(OCCCN2CCCC2NS(=O)(=O)c2cccc3cccnc23)cc1)C1CC1. The molecule has 7 nitrogen and oxygen atoms in total. The van der Waals surface area contributed by atoms with Crippen LogP contribution < -0.4 is 9.46 Å². The van der Waals surface area contributed by atoms with Gasteiger partial charge in [0.2, 0.25) is 10.0 Å². The molecule has 2 aromatic carbocycles. The van der Waals surface area contributed by atoms with Gasteiger partial charge in [-0.3, -0.25) is 14.7 Å². The number of nitrogens with one attached hydrogen (secondary N) is 1. The van der Waals surface area contributed by atoms with Gasteiger partial charge in [-0.05, 0) is 75.0 Å². The molecule has 3 aromatic rings. The van der Waals surface area contributed by atoms with Gasteiger partial charge in [0.05, 0.1) is 18.3 Å². The predicted molar refractivity (Wildman–Crippen MR) is 130 cm³/mol. The number of carbonyl (C=O) groups is 1. The molecule has 2 aliphatic rings. The summed E-state index contributed by atoms with van der Waals surface area (Å²) in [5, 5.41) is 0.802. The van der Waals surface area contributed by atoms with E-state index in [2.05, 4.69) is 14.6 Å². The Morgan fingerprint density at radius 1 is 1.06 bits per heavy atom. The zero-order valence-electron chi connectivity index (χ0n) is 19.0. The van der Waals surface area contributed by atoms with Crippen molar-refractivity contribution in [3.8, 4) is 5.75 Å². The van der Waals surface area contributed by atoms with Gasteiger partial charge in [0.25, 0.3) is 0 Å². The molecule has 0 amide bonds. The van der Waals surface area contributed by atoms with Crippen LogP contribution in [0, 0.1) is 5.92 Å². The van der Waals surface area contributed by atoms with E-state index in [-0.39, 0.29) is 22.8 Å². The number of fused-ring (bicyclic) bond motifs is 1. The summed E-state index contributed by atoms with van der Waals surface area (Å²) in [7, 11) is -3.70. The molecule has 1 saturated carbocycles. The van der Waals surface area contributed by atoms with E-state index >= 15 is 0 Å². The molecule has 1 aliphatic carbocycles. The second-order valence-electron chi connectivity index (χ2n) is 9.01. The molecule has 1 atom stereocenters. The zero-order valence-corrected chi connectivity index (χ0v) is 19.8. The number of nitrogens with zero attached hydrogens (tertiary/aromatic N) is 2. The van der Waals surface area contributed by atoms with Gasteiger partial charge in [-0.25, -0.2) is 8.42 Å². The average molecular weight is 480 g/mol. The van der Waals surface area contributed by atoms with Gasteiger partial charge in [-0.15, -0.1) is 0 Å². The Bertz CT molecular complexity index is 1270. The first-order valence-corrected chi connectivity index (χ1v) is 13.4. The van der Waals surface area contributed by atoms with Crippen LogP contribution in [0.15, 0.2) is 65.7 Å². The summed E-state index contributed by atoms with van der Waals surface area (Å²) >= 11 is 0. The number of pyridine rings is 1. The molecule has 34 heavy (non-hydrogen) atoms. The maximum Gasteiger partial charge on any atom is 0.244 e. The third-order valence-electron chi connectivity index (χ3n) is 6.49. The summed E-state index contributed by atoms with van der Waals surface area (Å²) in [6.45, 7) is 2.11. The molecule has 0 radical (unpaired) electrons. The number of sulfonamides is 1. The molecule has 0 spiro atoms. The number of Topliss-reactive ketones (excluding diaryl/α,β-unsaturated/α-hetero) is 1. The van der Waals surface area contributed by atoms with Crippen LogP contribution in [0.1, 0.15) is 42.5 Å². The Morgan fingerprint density at radius 2 is 1.85 bits per heavy atom. The van der Waals surface area contributed by atoms with Gasteiger partial charge in [-0.2, -0.15) is 4.72 Å². The average Bonchev–Trinajstić information content (AvgIpc) is 3.62. The van der Waals surface area contributed by atoms with Crippen LogP contribution in [0.25, 0.3) is 10.9 Å². The van der Waals surface area contributed by atoms with Crippen molar-refractivity contribution in [2.45, 2.75) is 43.2 Å². The molecular formula is C26H29N3O4S. The monoisotopic (exact) mass is 479 g/mol. The summed E-state index contributed by atoms with van der Waals surface area (Å²) < 4.78 is 35.0. The first-order valence-electron chi connectivity index (χ1n) is 11.9. The van der Waals surface area contributed by atoms with E-state index in [0.717, 1.165) is 61.9 Å². The summed E-state index contributed by atoms with van der Waals surface area (Å²) in [6, 6.07) is 16.2. The van der Waals surface area contributed by atoms with Gasteiger partial charge in [0.15, 0.2) is 5.78 Å². The lowest BCUT2D eigenvalue weighted by molar-refractivity contribution is 0.0967. The fourth-order valence-electron chi connectivity index (χ4n) is 4.52. The largest absolute Gasteiger partial charge is 0.494 e. The minimum atomic E-state index is -3.70. The number of hydrogen-bond donors (Lipinski definition) is 1. The number of likely N-dealkylation sites (tertiary alicyclic amines) is 1. The Morgan fingerprint density at radius 3 is 2.65 bits per heavy atom. The van der Waals surface area contributed by atoms with Gasteiger partial charge >= 0.3 is 0 Å². The normalized spacial score (nSPS) is 18.9. The zero-order chi connectivity index (χ0) is 23.5. The second-order valence-corrected chi connectivity index (χ2v) is 10.7. The molecule has 1 aliphatic heterocycles. The molecule has 1 saturated heterocycles. The van der Waals surface area contributed by atoms with Crippen LogP contribution in [-0.4, -0.2) is 49.9 Å². The van der Waals surface area contributed by atoms with Crippen LogP contribution in [0.2, 0.25) is 0 Å². The van der Waals surface area contributed by atoms with Crippen molar-refractivity contribution in [3.63, 3.8) is 0 Å². The van der Waals surface area contributed by atoms with E-state index in [9.17, 15) is 13.2 Å². The first-order chi connectivity index (χ1) is 16.5. The van der Waals surface area contributed by atoms with Crippen molar-refractivity contribution in [2.24, 2.45) is 5.92 Å². The Kier molecular flexibility index (Phi) is 6.63. The maximum atomic E-state index is 13.2. The van der Waals surface area contributed by atoms with Crippen LogP contribution in [0.4, 0.5) is 0 Å².